The zero-order valence-corrected chi connectivity index (χ0v) is 17.6. The fourth-order valence-electron chi connectivity index (χ4n) is 3.48. The molecule has 1 aliphatic heterocycles. The summed E-state index contributed by atoms with van der Waals surface area (Å²) in [5.41, 5.74) is 0.821. The van der Waals surface area contributed by atoms with E-state index in [1.165, 1.54) is 18.3 Å². The van der Waals surface area contributed by atoms with Crippen LogP contribution in [0.4, 0.5) is 0 Å². The number of hydrogen-bond acceptors (Lipinski definition) is 8. The molecule has 0 aromatic carbocycles. The van der Waals surface area contributed by atoms with Crippen molar-refractivity contribution in [3.63, 3.8) is 0 Å². The van der Waals surface area contributed by atoms with Crippen LogP contribution in [0.2, 0.25) is 0 Å². The first-order valence-corrected chi connectivity index (χ1v) is 10.9. The molecule has 4 rings (SSSR count). The highest BCUT2D eigenvalue weighted by Crippen LogP contribution is 2.32. The second kappa shape index (κ2) is 9.23. The largest absolute Gasteiger partial charge is 0.477 e. The normalized spacial score (nSPS) is 24.8. The number of amides is 1. The van der Waals surface area contributed by atoms with Crippen LogP contribution in [-0.2, 0) is 14.3 Å². The molecule has 1 amide bonds. The van der Waals surface area contributed by atoms with Gasteiger partial charge in [-0.1, -0.05) is 11.3 Å². The van der Waals surface area contributed by atoms with Gasteiger partial charge in [-0.05, 0) is 31.7 Å². The Morgan fingerprint density at radius 2 is 2.21 bits per heavy atom. The SMILES string of the molecule is CC(=O)N[C@@H](C)COC1CC(COc2ccc3nc(O[C@@H]4CCOC4)sc3n2)C1. The minimum Gasteiger partial charge on any atom is -0.477 e. The summed E-state index contributed by atoms with van der Waals surface area (Å²) in [7, 11) is 0. The summed E-state index contributed by atoms with van der Waals surface area (Å²) in [5, 5.41) is 3.46. The fraction of sp³-hybridized carbons (Fsp3) is 0.650. The minimum atomic E-state index is -0.0300. The van der Waals surface area contributed by atoms with E-state index in [2.05, 4.69) is 15.3 Å². The molecule has 1 saturated heterocycles. The molecule has 29 heavy (non-hydrogen) atoms. The second-order valence-corrected chi connectivity index (χ2v) is 8.70. The number of pyridine rings is 1. The third-order valence-corrected chi connectivity index (χ3v) is 5.91. The maximum Gasteiger partial charge on any atom is 0.276 e. The van der Waals surface area contributed by atoms with E-state index in [-0.39, 0.29) is 24.2 Å². The van der Waals surface area contributed by atoms with Gasteiger partial charge in [0.2, 0.25) is 11.8 Å². The molecule has 2 aromatic rings. The predicted molar refractivity (Wildman–Crippen MR) is 109 cm³/mol. The highest BCUT2D eigenvalue weighted by molar-refractivity contribution is 7.19. The Morgan fingerprint density at radius 1 is 1.34 bits per heavy atom. The summed E-state index contributed by atoms with van der Waals surface area (Å²) in [6.07, 6.45) is 3.17. The van der Waals surface area contributed by atoms with Gasteiger partial charge in [-0.25, -0.2) is 9.97 Å². The lowest BCUT2D eigenvalue weighted by Gasteiger charge is -2.35. The zero-order chi connectivity index (χ0) is 20.2. The highest BCUT2D eigenvalue weighted by atomic mass is 32.1. The van der Waals surface area contributed by atoms with E-state index >= 15 is 0 Å². The summed E-state index contributed by atoms with van der Waals surface area (Å²) in [4.78, 5) is 20.9. The Morgan fingerprint density at radius 3 is 2.97 bits per heavy atom. The molecule has 1 N–H and O–H groups in total. The molecule has 9 heteroatoms. The molecule has 0 spiro atoms. The van der Waals surface area contributed by atoms with Crippen LogP contribution in [0.25, 0.3) is 10.3 Å². The van der Waals surface area contributed by atoms with Crippen LogP contribution in [0, 0.1) is 5.92 Å². The molecule has 0 radical (unpaired) electrons. The number of hydrogen-bond donors (Lipinski definition) is 1. The molecule has 1 saturated carbocycles. The van der Waals surface area contributed by atoms with Crippen LogP contribution in [0.5, 0.6) is 11.1 Å². The summed E-state index contributed by atoms with van der Waals surface area (Å²) >= 11 is 1.44. The van der Waals surface area contributed by atoms with Gasteiger partial charge in [-0.3, -0.25) is 4.79 Å². The van der Waals surface area contributed by atoms with Gasteiger partial charge in [-0.15, -0.1) is 0 Å². The first-order chi connectivity index (χ1) is 14.0. The van der Waals surface area contributed by atoms with Crippen LogP contribution in [0.3, 0.4) is 0 Å². The average Bonchev–Trinajstić information content (AvgIpc) is 3.28. The van der Waals surface area contributed by atoms with Crippen LogP contribution < -0.4 is 14.8 Å². The molecule has 1 aliphatic carbocycles. The molecule has 2 fully saturated rings. The van der Waals surface area contributed by atoms with E-state index in [9.17, 15) is 4.79 Å². The number of nitrogens with zero attached hydrogens (tertiary/aromatic N) is 2. The number of rotatable bonds is 9. The molecular weight excluding hydrogens is 394 g/mol. The van der Waals surface area contributed by atoms with Crippen molar-refractivity contribution < 1.29 is 23.7 Å². The third-order valence-electron chi connectivity index (χ3n) is 5.06. The van der Waals surface area contributed by atoms with E-state index in [1.54, 1.807) is 0 Å². The predicted octanol–water partition coefficient (Wildman–Crippen LogP) is 2.56. The smallest absolute Gasteiger partial charge is 0.276 e. The number of aromatic nitrogens is 2. The van der Waals surface area contributed by atoms with Crippen LogP contribution in [0.1, 0.15) is 33.1 Å². The maximum absolute atomic E-state index is 11.0. The Kier molecular flexibility index (Phi) is 6.46. The molecular formula is C20H27N3O5S. The standard InChI is InChI=1S/C20H27N3O5S/c1-12(21-13(2)24)9-26-16-7-14(8-16)10-27-18-4-3-17-19(23-18)29-20(22-17)28-15-5-6-25-11-15/h3-4,12,14-16H,5-11H2,1-2H3,(H,21,24)/t12-,14?,15+,16?/m0/s1. The van der Waals surface area contributed by atoms with Crippen molar-refractivity contribution in [2.45, 2.75) is 51.4 Å². The van der Waals surface area contributed by atoms with Gasteiger partial charge in [0.1, 0.15) is 11.6 Å². The van der Waals surface area contributed by atoms with E-state index in [0.29, 0.717) is 36.8 Å². The average molecular weight is 422 g/mol. The molecule has 158 valence electrons. The Balaban J connectivity index is 1.20. The van der Waals surface area contributed by atoms with Crippen molar-refractivity contribution in [1.82, 2.24) is 15.3 Å². The highest BCUT2D eigenvalue weighted by Gasteiger charge is 2.31. The van der Waals surface area contributed by atoms with Crippen molar-refractivity contribution in [2.24, 2.45) is 5.92 Å². The van der Waals surface area contributed by atoms with Gasteiger partial charge >= 0.3 is 0 Å². The van der Waals surface area contributed by atoms with Crippen LogP contribution in [0.15, 0.2) is 12.1 Å². The number of fused-ring (bicyclic) bond motifs is 1. The van der Waals surface area contributed by atoms with Crippen LogP contribution in [-0.4, -0.2) is 60.6 Å². The summed E-state index contributed by atoms with van der Waals surface area (Å²) in [6, 6.07) is 3.81. The van der Waals surface area contributed by atoms with Crippen molar-refractivity contribution in [1.29, 1.82) is 0 Å². The summed E-state index contributed by atoms with van der Waals surface area (Å²) in [5.74, 6) is 1.05. The Hall–Kier alpha value is -1.97. The van der Waals surface area contributed by atoms with Gasteiger partial charge in [0, 0.05) is 25.5 Å². The lowest BCUT2D eigenvalue weighted by molar-refractivity contribution is -0.120. The monoisotopic (exact) mass is 421 g/mol. The number of carbonyl (C=O) groups is 1. The fourth-order valence-corrected chi connectivity index (χ4v) is 4.33. The van der Waals surface area contributed by atoms with Gasteiger partial charge < -0.3 is 24.3 Å². The van der Waals surface area contributed by atoms with Crippen molar-refractivity contribution >= 4 is 27.6 Å². The number of carbonyl (C=O) groups excluding carboxylic acids is 1. The van der Waals surface area contributed by atoms with E-state index in [0.717, 1.165) is 36.2 Å². The molecule has 0 unspecified atom stereocenters. The van der Waals surface area contributed by atoms with E-state index < -0.39 is 0 Å². The summed E-state index contributed by atoms with van der Waals surface area (Å²) in [6.45, 7) is 5.99. The van der Waals surface area contributed by atoms with Gasteiger partial charge in [0.25, 0.3) is 5.19 Å². The number of nitrogens with one attached hydrogen (secondary N) is 1. The van der Waals surface area contributed by atoms with E-state index in [4.69, 9.17) is 18.9 Å². The minimum absolute atomic E-state index is 0.0300. The lowest BCUT2D eigenvalue weighted by Crippen LogP contribution is -2.40. The van der Waals surface area contributed by atoms with Crippen molar-refractivity contribution in [2.75, 3.05) is 26.4 Å². The molecule has 2 aliphatic rings. The van der Waals surface area contributed by atoms with Crippen molar-refractivity contribution in [3.05, 3.63) is 12.1 Å². The number of thiazole rings is 1. The second-order valence-electron chi connectivity index (χ2n) is 7.76. The zero-order valence-electron chi connectivity index (χ0n) is 16.8. The Labute approximate surface area is 173 Å². The maximum atomic E-state index is 11.0. The molecule has 8 nitrogen and oxygen atoms in total. The molecule has 2 aromatic heterocycles. The van der Waals surface area contributed by atoms with Gasteiger partial charge in [-0.2, -0.15) is 0 Å². The first kappa shape index (κ1) is 20.3. The topological polar surface area (TPSA) is 91.8 Å². The Bertz CT molecular complexity index is 833. The van der Waals surface area contributed by atoms with Gasteiger partial charge in [0.15, 0.2) is 4.83 Å². The molecule has 3 heterocycles. The van der Waals surface area contributed by atoms with Crippen LogP contribution >= 0.6 is 11.3 Å². The number of ether oxygens (including phenoxy) is 4. The third kappa shape index (κ3) is 5.55. The lowest BCUT2D eigenvalue weighted by atomic mass is 9.83. The van der Waals surface area contributed by atoms with E-state index in [1.807, 2.05) is 19.1 Å². The van der Waals surface area contributed by atoms with Crippen molar-refractivity contribution in [3.8, 4) is 11.1 Å². The molecule has 2 atom stereocenters. The quantitative estimate of drug-likeness (QED) is 0.665. The van der Waals surface area contributed by atoms with Gasteiger partial charge in [0.05, 0.1) is 32.5 Å². The summed E-state index contributed by atoms with van der Waals surface area (Å²) < 4.78 is 22.9. The first-order valence-electron chi connectivity index (χ1n) is 10.1. The molecule has 0 bridgehead atoms.